The van der Waals surface area contributed by atoms with Gasteiger partial charge in [0.25, 0.3) is 0 Å². The Morgan fingerprint density at radius 2 is 1.91 bits per heavy atom. The van der Waals surface area contributed by atoms with E-state index in [1.54, 1.807) is 24.3 Å². The number of thioether (sulfide) groups is 1. The molecule has 1 aromatic rings. The summed E-state index contributed by atoms with van der Waals surface area (Å²) in [7, 11) is 0. The molecule has 0 radical (unpaired) electrons. The number of rotatable bonds is 3. The fourth-order valence-corrected chi connectivity index (χ4v) is 5.60. The minimum atomic E-state index is -0.652. The lowest BCUT2D eigenvalue weighted by Gasteiger charge is -2.28. The highest BCUT2D eigenvalue weighted by molar-refractivity contribution is 8.01. The van der Waals surface area contributed by atoms with Gasteiger partial charge in [-0.2, -0.15) is 0 Å². The first-order chi connectivity index (χ1) is 11.1. The number of benzene rings is 1. The van der Waals surface area contributed by atoms with Crippen LogP contribution in [0, 0.1) is 11.8 Å². The van der Waals surface area contributed by atoms with Crippen LogP contribution in [0.1, 0.15) is 6.92 Å². The van der Waals surface area contributed by atoms with Crippen molar-refractivity contribution >= 4 is 29.7 Å². The van der Waals surface area contributed by atoms with E-state index in [1.807, 2.05) is 6.07 Å². The number of ether oxygens (including phenoxy) is 3. The molecule has 120 valence electrons. The Labute approximate surface area is 136 Å². The van der Waals surface area contributed by atoms with E-state index in [0.29, 0.717) is 5.75 Å². The van der Waals surface area contributed by atoms with Crippen LogP contribution in [0.4, 0.5) is 0 Å². The van der Waals surface area contributed by atoms with Crippen LogP contribution in [0.2, 0.25) is 0 Å². The second kappa shape index (κ2) is 5.26. The van der Waals surface area contributed by atoms with Crippen LogP contribution in [0.15, 0.2) is 30.3 Å². The molecule has 6 atom stereocenters. The van der Waals surface area contributed by atoms with E-state index in [1.165, 1.54) is 18.7 Å². The van der Waals surface area contributed by atoms with Crippen molar-refractivity contribution in [3.63, 3.8) is 0 Å². The summed E-state index contributed by atoms with van der Waals surface area (Å²) in [6.45, 7) is 1.31. The molecule has 3 heterocycles. The first-order valence-electron chi connectivity index (χ1n) is 7.36. The summed E-state index contributed by atoms with van der Waals surface area (Å²) in [5, 5.41) is -0.452. The van der Waals surface area contributed by atoms with Gasteiger partial charge in [-0.05, 0) is 12.1 Å². The molecule has 0 spiro atoms. The average Bonchev–Trinajstić information content (AvgIpc) is 3.11. The third-order valence-corrected chi connectivity index (χ3v) is 6.19. The van der Waals surface area contributed by atoms with Crippen LogP contribution in [0.3, 0.4) is 0 Å². The lowest BCUT2D eigenvalue weighted by molar-refractivity contribution is -0.158. The van der Waals surface area contributed by atoms with Crippen molar-refractivity contribution in [2.45, 2.75) is 29.6 Å². The molecule has 7 heteroatoms. The van der Waals surface area contributed by atoms with Crippen LogP contribution in [-0.4, -0.2) is 40.6 Å². The maximum atomic E-state index is 12.6. The maximum absolute atomic E-state index is 12.6. The number of hydrogen-bond acceptors (Lipinski definition) is 7. The Hall–Kier alpha value is -2.02. The van der Waals surface area contributed by atoms with E-state index in [-0.39, 0.29) is 10.5 Å². The smallest absolute Gasteiger partial charge is 0.316 e. The molecule has 3 aliphatic heterocycles. The van der Waals surface area contributed by atoms with E-state index < -0.39 is 42.0 Å². The average molecular weight is 334 g/mol. The van der Waals surface area contributed by atoms with Gasteiger partial charge in [-0.15, -0.1) is 11.8 Å². The SMILES string of the molecule is CC(=O)OC1C2OC(=O)C3C2SC1C3C(=O)Oc1ccccc1. The molecule has 0 saturated carbocycles. The zero-order valence-electron chi connectivity index (χ0n) is 12.2. The Kier molecular flexibility index (Phi) is 3.33. The molecular formula is C16H14O6S. The molecule has 4 rings (SSSR count). The van der Waals surface area contributed by atoms with Gasteiger partial charge < -0.3 is 14.2 Å². The second-order valence-corrected chi connectivity index (χ2v) is 7.19. The van der Waals surface area contributed by atoms with Crippen LogP contribution in [-0.2, 0) is 23.9 Å². The highest BCUT2D eigenvalue weighted by Gasteiger charge is 2.71. The summed E-state index contributed by atoms with van der Waals surface area (Å²) in [6.07, 6.45) is -1.04. The number of carbonyl (C=O) groups is 3. The van der Waals surface area contributed by atoms with Crippen molar-refractivity contribution in [1.82, 2.24) is 0 Å². The molecule has 23 heavy (non-hydrogen) atoms. The fraction of sp³-hybridized carbons (Fsp3) is 0.438. The van der Waals surface area contributed by atoms with Gasteiger partial charge in [0, 0.05) is 6.92 Å². The van der Waals surface area contributed by atoms with Gasteiger partial charge in [0.15, 0.2) is 12.2 Å². The molecule has 3 saturated heterocycles. The molecule has 2 bridgehead atoms. The summed E-state index contributed by atoms with van der Waals surface area (Å²) in [5.74, 6) is -2.07. The molecule has 6 unspecified atom stereocenters. The molecule has 3 fully saturated rings. The zero-order chi connectivity index (χ0) is 16.1. The number of hydrogen-bond donors (Lipinski definition) is 0. The van der Waals surface area contributed by atoms with Crippen molar-refractivity contribution in [3.8, 4) is 5.75 Å². The van der Waals surface area contributed by atoms with Gasteiger partial charge in [-0.3, -0.25) is 14.4 Å². The van der Waals surface area contributed by atoms with E-state index in [4.69, 9.17) is 14.2 Å². The van der Waals surface area contributed by atoms with Gasteiger partial charge in [0.1, 0.15) is 5.75 Å². The van der Waals surface area contributed by atoms with E-state index in [9.17, 15) is 14.4 Å². The summed E-state index contributed by atoms with van der Waals surface area (Å²) < 4.78 is 16.1. The summed E-state index contributed by atoms with van der Waals surface area (Å²) in [4.78, 5) is 36.0. The number of esters is 3. The third kappa shape index (κ3) is 2.22. The molecular weight excluding hydrogens is 320 g/mol. The zero-order valence-corrected chi connectivity index (χ0v) is 13.0. The largest absolute Gasteiger partial charge is 0.457 e. The standard InChI is InChI=1S/C16H14O6S/c1-7(17)20-11-12-14-10(16(19)22-12)9(13(11)23-14)15(18)21-8-5-3-2-4-6-8/h2-6,9-14H,1H3. The van der Waals surface area contributed by atoms with Gasteiger partial charge in [-0.25, -0.2) is 0 Å². The third-order valence-electron chi connectivity index (χ3n) is 4.44. The molecule has 0 N–H and O–H groups in total. The lowest BCUT2D eigenvalue weighted by atomic mass is 9.78. The quantitative estimate of drug-likeness (QED) is 0.606. The minimum absolute atomic E-state index is 0.148. The molecule has 0 amide bonds. The van der Waals surface area contributed by atoms with Crippen molar-refractivity contribution in [2.24, 2.45) is 11.8 Å². The van der Waals surface area contributed by atoms with Crippen molar-refractivity contribution in [2.75, 3.05) is 0 Å². The lowest BCUT2D eigenvalue weighted by Crippen LogP contribution is -2.48. The predicted molar refractivity (Wildman–Crippen MR) is 79.7 cm³/mol. The number of carbonyl (C=O) groups excluding carboxylic acids is 3. The molecule has 3 aliphatic rings. The molecule has 0 aliphatic carbocycles. The van der Waals surface area contributed by atoms with Crippen molar-refractivity contribution in [3.05, 3.63) is 30.3 Å². The molecule has 1 aromatic carbocycles. The van der Waals surface area contributed by atoms with E-state index in [2.05, 4.69) is 0 Å². The second-order valence-electron chi connectivity index (χ2n) is 5.83. The monoisotopic (exact) mass is 334 g/mol. The molecule has 0 aromatic heterocycles. The minimum Gasteiger partial charge on any atom is -0.457 e. The summed E-state index contributed by atoms with van der Waals surface area (Å²) in [6, 6.07) is 8.70. The first kappa shape index (κ1) is 14.6. The van der Waals surface area contributed by atoms with Gasteiger partial charge in [0.05, 0.1) is 22.3 Å². The predicted octanol–water partition coefficient (Wildman–Crippen LogP) is 1.18. The van der Waals surface area contributed by atoms with Gasteiger partial charge >= 0.3 is 17.9 Å². The van der Waals surface area contributed by atoms with Crippen LogP contribution in [0.5, 0.6) is 5.75 Å². The van der Waals surface area contributed by atoms with Crippen molar-refractivity contribution < 1.29 is 28.6 Å². The number of fused-ring (bicyclic) bond motifs is 1. The summed E-state index contributed by atoms with van der Waals surface area (Å²) >= 11 is 1.49. The van der Waals surface area contributed by atoms with Crippen LogP contribution >= 0.6 is 11.8 Å². The molecule has 6 nitrogen and oxygen atoms in total. The first-order valence-corrected chi connectivity index (χ1v) is 8.30. The fourth-order valence-electron chi connectivity index (χ4n) is 3.60. The Morgan fingerprint density at radius 3 is 2.61 bits per heavy atom. The van der Waals surface area contributed by atoms with Gasteiger partial charge in [-0.1, -0.05) is 18.2 Å². The summed E-state index contributed by atoms with van der Waals surface area (Å²) in [5.41, 5.74) is 0. The Balaban J connectivity index is 1.59. The topological polar surface area (TPSA) is 78.9 Å². The Morgan fingerprint density at radius 1 is 1.17 bits per heavy atom. The van der Waals surface area contributed by atoms with E-state index >= 15 is 0 Å². The van der Waals surface area contributed by atoms with Crippen LogP contribution in [0.25, 0.3) is 0 Å². The highest BCUT2D eigenvalue weighted by Crippen LogP contribution is 2.59. The maximum Gasteiger partial charge on any atom is 0.316 e. The Bertz CT molecular complexity index is 674. The van der Waals surface area contributed by atoms with Crippen LogP contribution < -0.4 is 4.74 Å². The normalized spacial score (nSPS) is 36.7. The van der Waals surface area contributed by atoms with E-state index in [0.717, 1.165) is 0 Å². The highest BCUT2D eigenvalue weighted by atomic mass is 32.2. The van der Waals surface area contributed by atoms with Gasteiger partial charge in [0.2, 0.25) is 0 Å². The van der Waals surface area contributed by atoms with Crippen molar-refractivity contribution in [1.29, 1.82) is 0 Å². The number of para-hydroxylation sites is 1.